The van der Waals surface area contributed by atoms with E-state index in [4.69, 9.17) is 4.74 Å². The van der Waals surface area contributed by atoms with Crippen molar-refractivity contribution in [2.75, 3.05) is 18.8 Å². The Morgan fingerprint density at radius 3 is 2.50 bits per heavy atom. The predicted octanol–water partition coefficient (Wildman–Crippen LogP) is 5.55. The number of aryl methyl sites for hydroxylation is 2. The van der Waals surface area contributed by atoms with Crippen LogP contribution < -0.4 is 0 Å². The van der Waals surface area contributed by atoms with Crippen LogP contribution in [0, 0.1) is 12.8 Å². The molecule has 0 radical (unpaired) electrons. The van der Waals surface area contributed by atoms with Crippen molar-refractivity contribution in [2.45, 2.75) is 78.2 Å². The minimum Gasteiger partial charge on any atom is -0.444 e. The quantitative estimate of drug-likeness (QED) is 0.488. The molecule has 0 aliphatic heterocycles. The van der Waals surface area contributed by atoms with E-state index in [0.29, 0.717) is 24.4 Å². The van der Waals surface area contributed by atoms with E-state index < -0.39 is 21.5 Å². The van der Waals surface area contributed by atoms with Gasteiger partial charge in [-0.1, -0.05) is 39.3 Å². The first-order valence-electron chi connectivity index (χ1n) is 11.5. The normalized spacial score (nSPS) is 13.2. The highest BCUT2D eigenvalue weighted by atomic mass is 32.2. The van der Waals surface area contributed by atoms with Crippen molar-refractivity contribution in [1.29, 1.82) is 0 Å². The monoisotopic (exact) mass is 462 g/mol. The maximum Gasteiger partial charge on any atom is 0.410 e. The first kappa shape index (κ1) is 26.1. The first-order valence-corrected chi connectivity index (χ1v) is 13.1. The number of fused-ring (bicyclic) bond motifs is 1. The molecule has 0 N–H and O–H groups in total. The summed E-state index contributed by atoms with van der Waals surface area (Å²) in [7, 11) is -3.57. The molecule has 0 aliphatic carbocycles. The van der Waals surface area contributed by atoms with Crippen LogP contribution >= 0.6 is 0 Å². The Hall–Kier alpha value is -2.15. The number of pyridine rings is 1. The second-order valence-electron chi connectivity index (χ2n) is 9.57. The first-order chi connectivity index (χ1) is 14.9. The van der Waals surface area contributed by atoms with Gasteiger partial charge in [0.1, 0.15) is 5.60 Å². The van der Waals surface area contributed by atoms with Gasteiger partial charge in [0.15, 0.2) is 9.84 Å². The molecule has 0 aliphatic rings. The largest absolute Gasteiger partial charge is 0.444 e. The molecule has 0 fully saturated rings. The molecule has 0 saturated carbocycles. The lowest BCUT2D eigenvalue weighted by atomic mass is 10.0. The molecule has 2 aromatic rings. The van der Waals surface area contributed by atoms with Gasteiger partial charge in [-0.05, 0) is 58.1 Å². The molecular weight excluding hydrogens is 424 g/mol. The van der Waals surface area contributed by atoms with Crippen LogP contribution in [0.3, 0.4) is 0 Å². The van der Waals surface area contributed by atoms with Gasteiger partial charge in [0.05, 0.1) is 10.6 Å². The highest BCUT2D eigenvalue weighted by Crippen LogP contribution is 2.30. The number of unbranched alkanes of at least 4 members (excludes halogenated alkanes) is 1. The molecule has 178 valence electrons. The number of rotatable bonds is 9. The number of ether oxygens (including phenoxy) is 1. The number of amides is 1. The molecule has 1 amide bonds. The third-order valence-corrected chi connectivity index (χ3v) is 7.35. The van der Waals surface area contributed by atoms with Crippen molar-refractivity contribution >= 4 is 26.7 Å². The third kappa shape index (κ3) is 6.67. The Morgan fingerprint density at radius 1 is 1.22 bits per heavy atom. The predicted molar refractivity (Wildman–Crippen MR) is 130 cm³/mol. The Kier molecular flexibility index (Phi) is 8.68. The van der Waals surface area contributed by atoms with Crippen molar-refractivity contribution in [3.8, 4) is 0 Å². The van der Waals surface area contributed by atoms with Crippen molar-refractivity contribution in [1.82, 2.24) is 9.88 Å². The van der Waals surface area contributed by atoms with Gasteiger partial charge in [-0.2, -0.15) is 0 Å². The Balaban J connectivity index is 2.31. The van der Waals surface area contributed by atoms with Gasteiger partial charge in [-0.15, -0.1) is 0 Å². The fourth-order valence-electron chi connectivity index (χ4n) is 3.83. The van der Waals surface area contributed by atoms with E-state index in [-0.39, 0.29) is 11.7 Å². The van der Waals surface area contributed by atoms with Crippen LogP contribution in [0.5, 0.6) is 0 Å². The second-order valence-corrected chi connectivity index (χ2v) is 11.6. The lowest BCUT2D eigenvalue weighted by Crippen LogP contribution is -2.40. The summed E-state index contributed by atoms with van der Waals surface area (Å²) >= 11 is 0. The number of nitrogens with zero attached hydrogens (tertiary/aromatic N) is 2. The number of hydrogen-bond donors (Lipinski definition) is 0. The summed E-state index contributed by atoms with van der Waals surface area (Å²) in [5.41, 5.74) is 1.15. The molecule has 0 bridgehead atoms. The third-order valence-electron chi connectivity index (χ3n) is 5.34. The van der Waals surface area contributed by atoms with Gasteiger partial charge in [0, 0.05) is 35.8 Å². The minimum atomic E-state index is -3.57. The topological polar surface area (TPSA) is 76.6 Å². The zero-order chi connectivity index (χ0) is 24.1. The second kappa shape index (κ2) is 10.6. The number of carbonyl (C=O) groups excluding carboxylic acids is 1. The lowest BCUT2D eigenvalue weighted by molar-refractivity contribution is 0.0226. The standard InChI is InChI=1S/C25H38N2O4S/c1-8-10-14-27(24(28)31-25(5,6)7)16-18(3)17-32(29,30)22-13-11-12-21-19(4)26-15-20(9-2)23(21)22/h11-13,15,18H,8-10,14,16-17H2,1-7H3. The summed E-state index contributed by atoms with van der Waals surface area (Å²) in [6.45, 7) is 14.2. The summed E-state index contributed by atoms with van der Waals surface area (Å²) < 4.78 is 32.5. The van der Waals surface area contributed by atoms with E-state index in [1.165, 1.54) is 0 Å². The SMILES string of the molecule is CCCCN(CC(C)CS(=O)(=O)c1cccc2c(C)ncc(CC)c12)C(=O)OC(C)(C)C. The van der Waals surface area contributed by atoms with E-state index >= 15 is 0 Å². The van der Waals surface area contributed by atoms with Crippen molar-refractivity contribution in [3.63, 3.8) is 0 Å². The van der Waals surface area contributed by atoms with Crippen LogP contribution in [0.2, 0.25) is 0 Å². The summed E-state index contributed by atoms with van der Waals surface area (Å²) in [4.78, 5) is 19.1. The van der Waals surface area contributed by atoms with Crippen molar-refractivity contribution < 1.29 is 17.9 Å². The van der Waals surface area contributed by atoms with Gasteiger partial charge in [0.25, 0.3) is 0 Å². The summed E-state index contributed by atoms with van der Waals surface area (Å²) in [5, 5.41) is 1.64. The van der Waals surface area contributed by atoms with Gasteiger partial charge in [0.2, 0.25) is 0 Å². The van der Waals surface area contributed by atoms with Crippen LogP contribution in [0.15, 0.2) is 29.3 Å². The van der Waals surface area contributed by atoms with Gasteiger partial charge >= 0.3 is 6.09 Å². The highest BCUT2D eigenvalue weighted by Gasteiger charge is 2.27. The average molecular weight is 463 g/mol. The maximum absolute atomic E-state index is 13.5. The molecule has 1 aromatic carbocycles. The van der Waals surface area contributed by atoms with Crippen LogP contribution in [0.4, 0.5) is 4.79 Å². The number of hydrogen-bond acceptors (Lipinski definition) is 5. The molecule has 1 aromatic heterocycles. The van der Waals surface area contributed by atoms with Gasteiger partial charge in [-0.25, -0.2) is 13.2 Å². The smallest absolute Gasteiger partial charge is 0.410 e. The highest BCUT2D eigenvalue weighted by molar-refractivity contribution is 7.91. The maximum atomic E-state index is 13.5. The summed E-state index contributed by atoms with van der Waals surface area (Å²) in [6.07, 6.45) is 3.86. The molecule has 0 saturated heterocycles. The van der Waals surface area contributed by atoms with Crippen LogP contribution in [-0.4, -0.2) is 48.8 Å². The molecule has 1 unspecified atom stereocenters. The average Bonchev–Trinajstić information content (AvgIpc) is 2.69. The lowest BCUT2D eigenvalue weighted by Gasteiger charge is -2.29. The number of aromatic nitrogens is 1. The van der Waals surface area contributed by atoms with Crippen molar-refractivity contribution in [2.24, 2.45) is 5.92 Å². The zero-order valence-electron chi connectivity index (χ0n) is 20.6. The zero-order valence-corrected chi connectivity index (χ0v) is 21.4. The Bertz CT molecular complexity index is 1040. The summed E-state index contributed by atoms with van der Waals surface area (Å²) in [5.74, 6) is -0.283. The molecule has 6 nitrogen and oxygen atoms in total. The number of carbonyl (C=O) groups is 1. The van der Waals surface area contributed by atoms with Crippen LogP contribution in [0.25, 0.3) is 10.8 Å². The molecule has 1 heterocycles. The molecular formula is C25H38N2O4S. The molecule has 2 rings (SSSR count). The molecule has 1 atom stereocenters. The van der Waals surface area contributed by atoms with Crippen molar-refractivity contribution in [3.05, 3.63) is 35.7 Å². The van der Waals surface area contributed by atoms with Crippen LogP contribution in [-0.2, 0) is 21.0 Å². The van der Waals surface area contributed by atoms with E-state index in [2.05, 4.69) is 11.9 Å². The van der Waals surface area contributed by atoms with Gasteiger partial charge < -0.3 is 9.64 Å². The minimum absolute atomic E-state index is 0.0396. The number of benzene rings is 1. The Labute approximate surface area is 193 Å². The van der Waals surface area contributed by atoms with E-state index in [9.17, 15) is 13.2 Å². The van der Waals surface area contributed by atoms with Crippen LogP contribution in [0.1, 0.15) is 65.6 Å². The molecule has 32 heavy (non-hydrogen) atoms. The summed E-state index contributed by atoms with van der Waals surface area (Å²) in [6, 6.07) is 5.39. The van der Waals surface area contributed by atoms with E-state index in [0.717, 1.165) is 34.9 Å². The molecule has 7 heteroatoms. The fourth-order valence-corrected chi connectivity index (χ4v) is 5.70. The molecule has 0 spiro atoms. The Morgan fingerprint density at radius 2 is 1.91 bits per heavy atom. The van der Waals surface area contributed by atoms with E-state index in [1.54, 1.807) is 23.2 Å². The van der Waals surface area contributed by atoms with Gasteiger partial charge in [-0.3, -0.25) is 4.98 Å². The fraction of sp³-hybridized carbons (Fsp3) is 0.600. The van der Waals surface area contributed by atoms with E-state index in [1.807, 2.05) is 47.6 Å². The number of sulfone groups is 1.